The predicted octanol–water partition coefficient (Wildman–Crippen LogP) is 2.83. The molecule has 0 fully saturated rings. The molecule has 2 amide bonds. The zero-order valence-electron chi connectivity index (χ0n) is 13.9. The van der Waals surface area contributed by atoms with Gasteiger partial charge in [-0.1, -0.05) is 26.0 Å². The van der Waals surface area contributed by atoms with Crippen molar-refractivity contribution in [1.82, 2.24) is 10.6 Å². The molecule has 8 heteroatoms. The Hall–Kier alpha value is -1.96. The summed E-state index contributed by atoms with van der Waals surface area (Å²) in [6.07, 6.45) is -4.38. The van der Waals surface area contributed by atoms with Gasteiger partial charge in [-0.15, -0.1) is 0 Å². The molecule has 1 rings (SSSR count). The van der Waals surface area contributed by atoms with E-state index in [2.05, 4.69) is 15.4 Å². The molecule has 0 spiro atoms. The van der Waals surface area contributed by atoms with Crippen LogP contribution in [-0.2, 0) is 6.54 Å². The summed E-state index contributed by atoms with van der Waals surface area (Å²) in [6, 6.07) is 5.51. The van der Waals surface area contributed by atoms with Crippen LogP contribution in [0.2, 0.25) is 0 Å². The average Bonchev–Trinajstić information content (AvgIpc) is 2.49. The van der Waals surface area contributed by atoms with E-state index in [0.717, 1.165) is 0 Å². The number of carbonyl (C=O) groups is 1. The molecule has 1 atom stereocenters. The number of urea groups is 1. The summed E-state index contributed by atoms with van der Waals surface area (Å²) < 4.78 is 40.7. The lowest BCUT2D eigenvalue weighted by Gasteiger charge is -2.27. The van der Waals surface area contributed by atoms with Gasteiger partial charge in [-0.2, -0.15) is 13.2 Å². The van der Waals surface area contributed by atoms with E-state index < -0.39 is 24.4 Å². The zero-order valence-corrected chi connectivity index (χ0v) is 13.9. The summed E-state index contributed by atoms with van der Waals surface area (Å²) in [5, 5.41) is 15.2. The second-order valence-corrected chi connectivity index (χ2v) is 6.10. The van der Waals surface area contributed by atoms with E-state index in [4.69, 9.17) is 0 Å². The Kier molecular flexibility index (Phi) is 6.89. The molecule has 0 aliphatic rings. The zero-order chi connectivity index (χ0) is 18.4. The molecular weight excluding hydrogens is 325 g/mol. The summed E-state index contributed by atoms with van der Waals surface area (Å²) in [5.41, 5.74) is -0.297. The molecule has 24 heavy (non-hydrogen) atoms. The Morgan fingerprint density at radius 1 is 1.21 bits per heavy atom. The minimum absolute atomic E-state index is 0.0120. The Bertz CT molecular complexity index is 528. The smallest absolute Gasteiger partial charge is 0.422 e. The predicted molar refractivity (Wildman–Crippen MR) is 83.7 cm³/mol. The van der Waals surface area contributed by atoms with Crippen LogP contribution >= 0.6 is 0 Å². The number of benzene rings is 1. The first-order valence-electron chi connectivity index (χ1n) is 7.52. The number of aliphatic hydroxyl groups is 1. The molecular formula is C16H23F3N2O3. The standard InChI is InChI=1S/C16H23F3N2O3/c1-11(2)15(3,23)9-21-14(22)20-8-12-4-6-13(7-5-12)24-10-16(17,18)19/h4-7,11,23H,8-10H2,1-3H3,(H2,20,21,22). The van der Waals surface area contributed by atoms with Gasteiger partial charge in [-0.3, -0.25) is 0 Å². The highest BCUT2D eigenvalue weighted by atomic mass is 19.4. The maximum absolute atomic E-state index is 12.0. The van der Waals surface area contributed by atoms with Gasteiger partial charge in [-0.25, -0.2) is 4.79 Å². The van der Waals surface area contributed by atoms with Crippen molar-refractivity contribution >= 4 is 6.03 Å². The van der Waals surface area contributed by atoms with Crippen molar-refractivity contribution in [2.75, 3.05) is 13.2 Å². The highest BCUT2D eigenvalue weighted by molar-refractivity contribution is 5.73. The van der Waals surface area contributed by atoms with Crippen LogP contribution in [0.4, 0.5) is 18.0 Å². The monoisotopic (exact) mass is 348 g/mol. The van der Waals surface area contributed by atoms with E-state index in [9.17, 15) is 23.1 Å². The topological polar surface area (TPSA) is 70.6 Å². The molecule has 1 aromatic rings. The van der Waals surface area contributed by atoms with Gasteiger partial charge in [0.2, 0.25) is 0 Å². The van der Waals surface area contributed by atoms with Gasteiger partial charge in [0.1, 0.15) is 5.75 Å². The van der Waals surface area contributed by atoms with Gasteiger partial charge in [0.15, 0.2) is 6.61 Å². The van der Waals surface area contributed by atoms with Crippen LogP contribution in [0.25, 0.3) is 0 Å². The lowest BCUT2D eigenvalue weighted by Crippen LogP contribution is -2.47. The third-order valence-electron chi connectivity index (χ3n) is 3.63. The molecule has 0 radical (unpaired) electrons. The Morgan fingerprint density at radius 3 is 2.29 bits per heavy atom. The fourth-order valence-corrected chi connectivity index (χ4v) is 1.58. The van der Waals surface area contributed by atoms with E-state index in [1.165, 1.54) is 12.1 Å². The van der Waals surface area contributed by atoms with Crippen LogP contribution < -0.4 is 15.4 Å². The van der Waals surface area contributed by atoms with Crippen LogP contribution in [0.5, 0.6) is 5.75 Å². The lowest BCUT2D eigenvalue weighted by atomic mass is 9.93. The molecule has 0 aliphatic carbocycles. The Morgan fingerprint density at radius 2 is 1.79 bits per heavy atom. The van der Waals surface area contributed by atoms with Crippen LogP contribution in [0.3, 0.4) is 0 Å². The Labute approximate surface area is 139 Å². The van der Waals surface area contributed by atoms with Crippen molar-refractivity contribution in [3.63, 3.8) is 0 Å². The molecule has 136 valence electrons. The minimum Gasteiger partial charge on any atom is -0.484 e. The number of halogens is 3. The molecule has 0 aromatic heterocycles. The second-order valence-electron chi connectivity index (χ2n) is 6.10. The molecule has 5 nitrogen and oxygen atoms in total. The quantitative estimate of drug-likeness (QED) is 0.710. The first-order chi connectivity index (χ1) is 11.0. The van der Waals surface area contributed by atoms with Crippen molar-refractivity contribution in [3.05, 3.63) is 29.8 Å². The van der Waals surface area contributed by atoms with Crippen LogP contribution in [0.1, 0.15) is 26.3 Å². The Balaban J connectivity index is 2.38. The highest BCUT2D eigenvalue weighted by Gasteiger charge is 2.28. The van der Waals surface area contributed by atoms with Crippen molar-refractivity contribution in [1.29, 1.82) is 0 Å². The molecule has 0 heterocycles. The number of hydrogen-bond acceptors (Lipinski definition) is 3. The number of ether oxygens (including phenoxy) is 1. The molecule has 1 unspecified atom stereocenters. The van der Waals surface area contributed by atoms with Crippen molar-refractivity contribution < 1.29 is 27.8 Å². The highest BCUT2D eigenvalue weighted by Crippen LogP contribution is 2.19. The first kappa shape index (κ1) is 20.1. The van der Waals surface area contributed by atoms with E-state index in [-0.39, 0.29) is 24.8 Å². The fourth-order valence-electron chi connectivity index (χ4n) is 1.58. The van der Waals surface area contributed by atoms with Crippen LogP contribution in [0.15, 0.2) is 24.3 Å². The molecule has 3 N–H and O–H groups in total. The van der Waals surface area contributed by atoms with E-state index in [1.54, 1.807) is 19.1 Å². The number of alkyl halides is 3. The third-order valence-corrected chi connectivity index (χ3v) is 3.63. The average molecular weight is 348 g/mol. The normalized spacial score (nSPS) is 14.2. The SMILES string of the molecule is CC(C)C(C)(O)CNC(=O)NCc1ccc(OCC(F)(F)F)cc1. The molecule has 0 saturated heterocycles. The largest absolute Gasteiger partial charge is 0.484 e. The van der Waals surface area contributed by atoms with Gasteiger partial charge >= 0.3 is 12.2 Å². The van der Waals surface area contributed by atoms with E-state index >= 15 is 0 Å². The molecule has 0 aliphatic heterocycles. The second kappa shape index (κ2) is 8.23. The summed E-state index contributed by atoms with van der Waals surface area (Å²) in [6.45, 7) is 4.31. The maximum Gasteiger partial charge on any atom is 0.422 e. The summed E-state index contributed by atoms with van der Waals surface area (Å²) in [7, 11) is 0. The van der Waals surface area contributed by atoms with Crippen molar-refractivity contribution in [2.24, 2.45) is 5.92 Å². The molecule has 1 aromatic carbocycles. The van der Waals surface area contributed by atoms with Crippen molar-refractivity contribution in [3.8, 4) is 5.75 Å². The van der Waals surface area contributed by atoms with Gasteiger partial charge in [0, 0.05) is 13.1 Å². The number of carbonyl (C=O) groups excluding carboxylic acids is 1. The number of hydrogen-bond donors (Lipinski definition) is 3. The van der Waals surface area contributed by atoms with Gasteiger partial charge in [-0.05, 0) is 30.5 Å². The molecule has 0 saturated carbocycles. The van der Waals surface area contributed by atoms with Crippen LogP contribution in [0, 0.1) is 5.92 Å². The maximum atomic E-state index is 12.0. The van der Waals surface area contributed by atoms with Crippen LogP contribution in [-0.4, -0.2) is 36.1 Å². The summed E-state index contributed by atoms with van der Waals surface area (Å²) in [4.78, 5) is 11.7. The minimum atomic E-state index is -4.38. The van der Waals surface area contributed by atoms with Gasteiger partial charge < -0.3 is 20.5 Å². The van der Waals surface area contributed by atoms with Gasteiger partial charge in [0.25, 0.3) is 0 Å². The number of amides is 2. The summed E-state index contributed by atoms with van der Waals surface area (Å²) >= 11 is 0. The number of rotatable bonds is 7. The van der Waals surface area contributed by atoms with Crippen molar-refractivity contribution in [2.45, 2.75) is 39.1 Å². The lowest BCUT2D eigenvalue weighted by molar-refractivity contribution is -0.153. The van der Waals surface area contributed by atoms with E-state index in [1.807, 2.05) is 13.8 Å². The number of nitrogens with one attached hydrogen (secondary N) is 2. The van der Waals surface area contributed by atoms with Gasteiger partial charge in [0.05, 0.1) is 5.60 Å². The fraction of sp³-hybridized carbons (Fsp3) is 0.562. The van der Waals surface area contributed by atoms with E-state index in [0.29, 0.717) is 5.56 Å². The summed E-state index contributed by atoms with van der Waals surface area (Å²) in [5.74, 6) is 0.0931. The molecule has 0 bridgehead atoms. The first-order valence-corrected chi connectivity index (χ1v) is 7.52. The third kappa shape index (κ3) is 7.54.